The van der Waals surface area contributed by atoms with Gasteiger partial charge in [-0.05, 0) is 85.5 Å². The molecule has 0 spiro atoms. The standard InChI is InChI=1S/C42H44ClN7O6/c1-41(2)39(42(3,4)40(41)56-26-10-11-31(44-5)29(43)18-26)46-35(52)32-13-12-30(47-48-32)23-8-6-22(7-9-23)19-49-20-24-16-27-28(17-25(24)21-49)38(55)50(37(27)54)33-14-15-34(51)45-36(33)53/h10-13,16-18,22-23,33,39-40H,6-9,14-15,19-21H2,1-4H3,(H,46,52)(H,45,51,53). The van der Waals surface area contributed by atoms with Crippen molar-refractivity contribution in [3.05, 3.63) is 92.5 Å². The highest BCUT2D eigenvalue weighted by molar-refractivity contribution is 6.33. The zero-order chi connectivity index (χ0) is 39.7. The molecule has 2 saturated carbocycles. The molecule has 3 aliphatic heterocycles. The Morgan fingerprint density at radius 1 is 0.929 bits per heavy atom. The molecule has 56 heavy (non-hydrogen) atoms. The first-order valence-corrected chi connectivity index (χ1v) is 19.6. The molecule has 1 aromatic heterocycles. The number of aromatic nitrogens is 2. The van der Waals surface area contributed by atoms with E-state index < -0.39 is 40.5 Å². The number of carbonyl (C=O) groups excluding carboxylic acids is 5. The van der Waals surface area contributed by atoms with Gasteiger partial charge in [-0.25, -0.2) is 4.85 Å². The molecule has 8 rings (SSSR count). The highest BCUT2D eigenvalue weighted by Crippen LogP contribution is 2.55. The Labute approximate surface area is 330 Å². The van der Waals surface area contributed by atoms with E-state index in [1.807, 2.05) is 18.2 Å². The molecule has 2 aliphatic carbocycles. The van der Waals surface area contributed by atoms with Crippen LogP contribution in [0.25, 0.3) is 4.85 Å². The second-order valence-corrected chi connectivity index (χ2v) is 17.5. The zero-order valence-corrected chi connectivity index (χ0v) is 32.6. The van der Waals surface area contributed by atoms with Gasteiger partial charge in [-0.1, -0.05) is 45.4 Å². The fourth-order valence-corrected chi connectivity index (χ4v) is 10.3. The van der Waals surface area contributed by atoms with Crippen LogP contribution in [-0.2, 0) is 22.7 Å². The van der Waals surface area contributed by atoms with Crippen LogP contribution in [0, 0.1) is 23.3 Å². The molecule has 1 unspecified atom stereocenters. The lowest BCUT2D eigenvalue weighted by Gasteiger charge is -2.63. The fraction of sp³-hybridized carbons (Fsp3) is 0.476. The summed E-state index contributed by atoms with van der Waals surface area (Å²) in [5.74, 6) is -0.895. The van der Waals surface area contributed by atoms with Crippen LogP contribution >= 0.6 is 11.6 Å². The number of hydrogen-bond donors (Lipinski definition) is 2. The second kappa shape index (κ2) is 14.1. The maximum absolute atomic E-state index is 13.4. The van der Waals surface area contributed by atoms with Gasteiger partial charge in [-0.15, -0.1) is 5.10 Å². The summed E-state index contributed by atoms with van der Waals surface area (Å²) in [5, 5.41) is 14.6. The third kappa shape index (κ3) is 6.52. The van der Waals surface area contributed by atoms with E-state index in [2.05, 4.69) is 58.3 Å². The highest BCUT2D eigenvalue weighted by atomic mass is 35.5. The normalized spacial score (nSPS) is 26.5. The van der Waals surface area contributed by atoms with E-state index in [4.69, 9.17) is 22.9 Å². The minimum atomic E-state index is -0.970. The number of hydrogen-bond acceptors (Lipinski definition) is 9. The number of imide groups is 2. The van der Waals surface area contributed by atoms with E-state index in [0.29, 0.717) is 46.6 Å². The van der Waals surface area contributed by atoms with Crippen LogP contribution in [0.15, 0.2) is 42.5 Å². The lowest BCUT2D eigenvalue weighted by Crippen LogP contribution is -2.74. The van der Waals surface area contributed by atoms with Crippen LogP contribution in [0.1, 0.15) is 120 Å². The number of fused-ring (bicyclic) bond motifs is 2. The number of rotatable bonds is 8. The Balaban J connectivity index is 0.822. The predicted octanol–water partition coefficient (Wildman–Crippen LogP) is 5.98. The van der Waals surface area contributed by atoms with Crippen molar-refractivity contribution in [1.82, 2.24) is 30.6 Å². The van der Waals surface area contributed by atoms with Crippen molar-refractivity contribution >= 4 is 46.8 Å². The number of ether oxygens (including phenoxy) is 1. The summed E-state index contributed by atoms with van der Waals surface area (Å²) < 4.78 is 6.36. The number of amides is 5. The first-order chi connectivity index (χ1) is 26.6. The lowest BCUT2D eigenvalue weighted by molar-refractivity contribution is -0.164. The Hall–Kier alpha value is -5.19. The molecule has 2 N–H and O–H groups in total. The van der Waals surface area contributed by atoms with Gasteiger partial charge in [0.1, 0.15) is 17.9 Å². The van der Waals surface area contributed by atoms with E-state index in [0.717, 1.165) is 53.9 Å². The smallest absolute Gasteiger partial charge is 0.272 e. The molecule has 1 saturated heterocycles. The van der Waals surface area contributed by atoms with Gasteiger partial charge in [0, 0.05) is 48.8 Å². The van der Waals surface area contributed by atoms with Crippen molar-refractivity contribution in [2.45, 2.75) is 103 Å². The maximum atomic E-state index is 13.4. The fourth-order valence-electron chi connectivity index (χ4n) is 10.0. The molecule has 3 fully saturated rings. The predicted molar refractivity (Wildman–Crippen MR) is 205 cm³/mol. The lowest BCUT2D eigenvalue weighted by atomic mass is 9.49. The van der Waals surface area contributed by atoms with Crippen LogP contribution in [0.2, 0.25) is 5.02 Å². The third-order valence-corrected chi connectivity index (χ3v) is 13.0. The number of benzene rings is 2. The number of carbonyl (C=O) groups is 5. The zero-order valence-electron chi connectivity index (χ0n) is 31.9. The van der Waals surface area contributed by atoms with Crippen molar-refractivity contribution < 1.29 is 28.7 Å². The number of halogens is 1. The molecule has 5 aliphatic rings. The monoisotopic (exact) mass is 777 g/mol. The average Bonchev–Trinajstić information content (AvgIpc) is 3.67. The van der Waals surface area contributed by atoms with Crippen molar-refractivity contribution in [1.29, 1.82) is 0 Å². The molecule has 0 bridgehead atoms. The van der Waals surface area contributed by atoms with Gasteiger partial charge in [0.2, 0.25) is 17.5 Å². The van der Waals surface area contributed by atoms with Gasteiger partial charge >= 0.3 is 0 Å². The van der Waals surface area contributed by atoms with E-state index in [-0.39, 0.29) is 42.5 Å². The van der Waals surface area contributed by atoms with Crippen LogP contribution < -0.4 is 15.4 Å². The van der Waals surface area contributed by atoms with E-state index >= 15 is 0 Å². The molecular weight excluding hydrogens is 734 g/mol. The Bertz CT molecular complexity index is 2150. The minimum absolute atomic E-state index is 0.0906. The highest BCUT2D eigenvalue weighted by Gasteiger charge is 2.64. The van der Waals surface area contributed by atoms with E-state index in [1.165, 1.54) is 0 Å². The summed E-state index contributed by atoms with van der Waals surface area (Å²) in [6.07, 6.45) is 4.01. The molecule has 290 valence electrons. The van der Waals surface area contributed by atoms with Gasteiger partial charge in [0.05, 0.1) is 28.4 Å². The number of piperidine rings is 1. The molecule has 13 nitrogen and oxygen atoms in total. The molecule has 14 heteroatoms. The Morgan fingerprint density at radius 3 is 2.16 bits per heavy atom. The number of nitrogens with zero attached hydrogens (tertiary/aromatic N) is 5. The summed E-state index contributed by atoms with van der Waals surface area (Å²) in [6, 6.07) is 11.2. The SMILES string of the molecule is [C-]#[N+]c1ccc(OC2C(C)(C)C(NC(=O)c3ccc(C4CCC(CN5Cc6cc7c(cc6C5)C(=O)N(C5CCC(=O)NC5=O)C7=O)CC4)nn3)C2(C)C)cc1Cl. The van der Waals surface area contributed by atoms with Gasteiger partial charge in [0.25, 0.3) is 17.7 Å². The molecule has 0 radical (unpaired) electrons. The Morgan fingerprint density at radius 2 is 1.59 bits per heavy atom. The average molecular weight is 778 g/mol. The van der Waals surface area contributed by atoms with Crippen LogP contribution in [0.5, 0.6) is 5.75 Å². The largest absolute Gasteiger partial charge is 0.489 e. The summed E-state index contributed by atoms with van der Waals surface area (Å²) in [7, 11) is 0. The molecule has 5 amide bonds. The second-order valence-electron chi connectivity index (χ2n) is 17.1. The van der Waals surface area contributed by atoms with Gasteiger partial charge in [-0.2, -0.15) is 5.10 Å². The summed E-state index contributed by atoms with van der Waals surface area (Å²) in [6.45, 7) is 17.8. The maximum Gasteiger partial charge on any atom is 0.272 e. The van der Waals surface area contributed by atoms with E-state index in [1.54, 1.807) is 24.3 Å². The van der Waals surface area contributed by atoms with E-state index in [9.17, 15) is 24.0 Å². The van der Waals surface area contributed by atoms with Crippen molar-refractivity contribution in [3.8, 4) is 5.75 Å². The third-order valence-electron chi connectivity index (χ3n) is 12.7. The molecule has 1 atom stereocenters. The molecule has 2 aromatic carbocycles. The van der Waals surface area contributed by atoms with Gasteiger partial charge in [0.15, 0.2) is 5.69 Å². The quantitative estimate of drug-likeness (QED) is 0.208. The summed E-state index contributed by atoms with van der Waals surface area (Å²) in [4.78, 5) is 70.9. The minimum Gasteiger partial charge on any atom is -0.489 e. The van der Waals surface area contributed by atoms with Crippen molar-refractivity contribution in [3.63, 3.8) is 0 Å². The van der Waals surface area contributed by atoms with Gasteiger partial charge < -0.3 is 10.1 Å². The summed E-state index contributed by atoms with van der Waals surface area (Å²) >= 11 is 6.24. The first-order valence-electron chi connectivity index (χ1n) is 19.2. The summed E-state index contributed by atoms with van der Waals surface area (Å²) in [5.41, 5.74) is 3.44. The van der Waals surface area contributed by atoms with Crippen molar-refractivity contribution in [2.75, 3.05) is 6.54 Å². The van der Waals surface area contributed by atoms with Crippen LogP contribution in [0.4, 0.5) is 5.69 Å². The van der Waals surface area contributed by atoms with Crippen LogP contribution in [0.3, 0.4) is 0 Å². The van der Waals surface area contributed by atoms with Gasteiger partial charge in [-0.3, -0.25) is 39.1 Å². The number of nitrogens with one attached hydrogen (secondary N) is 2. The molecule has 4 heterocycles. The molecule has 3 aromatic rings. The first kappa shape index (κ1) is 37.7. The topological polar surface area (TPSA) is 155 Å². The van der Waals surface area contributed by atoms with Crippen LogP contribution in [-0.4, -0.2) is 74.3 Å². The molecular formula is C42H44ClN7O6. The van der Waals surface area contributed by atoms with Crippen molar-refractivity contribution in [2.24, 2.45) is 16.7 Å². The Kier molecular flexibility index (Phi) is 9.48.